The average Bonchev–Trinajstić information content (AvgIpc) is 3.05. The number of thiophene rings is 1. The van der Waals surface area contributed by atoms with E-state index in [4.69, 9.17) is 4.74 Å². The predicted molar refractivity (Wildman–Crippen MR) is 108 cm³/mol. The second-order valence-electron chi connectivity index (χ2n) is 5.98. The number of unbranched alkanes of at least 4 members (excludes halogenated alkanes) is 1. The molecule has 2 aromatic rings. The van der Waals surface area contributed by atoms with Crippen LogP contribution in [-0.2, 0) is 4.79 Å². The van der Waals surface area contributed by atoms with Gasteiger partial charge in [-0.2, -0.15) is 0 Å². The summed E-state index contributed by atoms with van der Waals surface area (Å²) in [6, 6.07) is 11.5. The molecule has 0 aliphatic heterocycles. The molecule has 0 unspecified atom stereocenters. The van der Waals surface area contributed by atoms with E-state index in [-0.39, 0.29) is 18.4 Å². The van der Waals surface area contributed by atoms with E-state index in [0.29, 0.717) is 18.0 Å². The summed E-state index contributed by atoms with van der Waals surface area (Å²) in [4.78, 5) is 26.2. The maximum atomic E-state index is 12.2. The molecule has 1 aromatic carbocycles. The van der Waals surface area contributed by atoms with Crippen LogP contribution in [-0.4, -0.2) is 43.5 Å². The third-order valence-electron chi connectivity index (χ3n) is 3.69. The SMILES string of the molecule is Cc1ccc(OCCCCNC(=O)CN(C)C(=O)c2ccc(Br)s2)cc1. The van der Waals surface area contributed by atoms with Crippen LogP contribution in [0.25, 0.3) is 0 Å². The lowest BCUT2D eigenvalue weighted by Crippen LogP contribution is -2.38. The van der Waals surface area contributed by atoms with Gasteiger partial charge in [0.05, 0.1) is 21.8 Å². The van der Waals surface area contributed by atoms with Gasteiger partial charge in [0.15, 0.2) is 0 Å². The molecule has 5 nitrogen and oxygen atoms in total. The summed E-state index contributed by atoms with van der Waals surface area (Å²) >= 11 is 4.69. The van der Waals surface area contributed by atoms with Gasteiger partial charge >= 0.3 is 0 Å². The minimum atomic E-state index is -0.157. The molecule has 26 heavy (non-hydrogen) atoms. The van der Waals surface area contributed by atoms with Gasteiger partial charge < -0.3 is 15.0 Å². The van der Waals surface area contributed by atoms with E-state index in [1.807, 2.05) is 37.3 Å². The minimum absolute atomic E-state index is 0.0498. The number of benzene rings is 1. The van der Waals surface area contributed by atoms with E-state index in [9.17, 15) is 9.59 Å². The number of rotatable bonds is 9. The molecule has 0 spiro atoms. The molecule has 1 aromatic heterocycles. The van der Waals surface area contributed by atoms with Crippen LogP contribution in [0.1, 0.15) is 28.1 Å². The maximum Gasteiger partial charge on any atom is 0.264 e. The topological polar surface area (TPSA) is 58.6 Å². The van der Waals surface area contributed by atoms with E-state index in [1.54, 1.807) is 13.1 Å². The van der Waals surface area contributed by atoms with Crippen LogP contribution in [0.15, 0.2) is 40.2 Å². The van der Waals surface area contributed by atoms with Gasteiger partial charge in [0.25, 0.3) is 5.91 Å². The highest BCUT2D eigenvalue weighted by Crippen LogP contribution is 2.22. The quantitative estimate of drug-likeness (QED) is 0.604. The van der Waals surface area contributed by atoms with E-state index in [0.717, 1.165) is 22.4 Å². The van der Waals surface area contributed by atoms with Crippen molar-refractivity contribution in [3.8, 4) is 5.75 Å². The fourth-order valence-corrected chi connectivity index (χ4v) is 3.62. The summed E-state index contributed by atoms with van der Waals surface area (Å²) in [5.74, 6) is 0.554. The lowest BCUT2D eigenvalue weighted by molar-refractivity contribution is -0.121. The van der Waals surface area contributed by atoms with Crippen LogP contribution >= 0.6 is 27.3 Å². The standard InChI is InChI=1S/C19H23BrN2O3S/c1-14-5-7-15(8-6-14)25-12-4-3-11-21-18(23)13-22(2)19(24)16-9-10-17(20)26-16/h5-10H,3-4,11-13H2,1-2H3,(H,21,23). The number of ether oxygens (including phenoxy) is 1. The molecule has 0 bridgehead atoms. The van der Waals surface area contributed by atoms with Crippen LogP contribution in [0.4, 0.5) is 0 Å². The Morgan fingerprint density at radius 2 is 1.88 bits per heavy atom. The molecule has 1 N–H and O–H groups in total. The number of likely N-dealkylation sites (N-methyl/N-ethyl adjacent to an activating group) is 1. The molecule has 7 heteroatoms. The average molecular weight is 439 g/mol. The first kappa shape index (κ1) is 20.5. The highest BCUT2D eigenvalue weighted by atomic mass is 79.9. The van der Waals surface area contributed by atoms with Crippen molar-refractivity contribution in [1.82, 2.24) is 10.2 Å². The Morgan fingerprint density at radius 3 is 2.54 bits per heavy atom. The van der Waals surface area contributed by atoms with Crippen molar-refractivity contribution in [2.45, 2.75) is 19.8 Å². The Bertz CT molecular complexity index is 731. The maximum absolute atomic E-state index is 12.2. The summed E-state index contributed by atoms with van der Waals surface area (Å²) in [6.07, 6.45) is 1.68. The molecule has 0 saturated carbocycles. The van der Waals surface area contributed by atoms with Crippen LogP contribution in [0, 0.1) is 6.92 Å². The highest BCUT2D eigenvalue weighted by Gasteiger charge is 2.16. The summed E-state index contributed by atoms with van der Waals surface area (Å²) in [6.45, 7) is 3.28. The van der Waals surface area contributed by atoms with Gasteiger partial charge in [0.2, 0.25) is 5.91 Å². The number of aryl methyl sites for hydroxylation is 1. The molecule has 0 atom stereocenters. The zero-order valence-corrected chi connectivity index (χ0v) is 17.4. The molecule has 0 saturated heterocycles. The first-order valence-electron chi connectivity index (χ1n) is 8.42. The molecule has 0 aliphatic rings. The number of amides is 2. The van der Waals surface area contributed by atoms with Gasteiger partial charge in [-0.25, -0.2) is 0 Å². The van der Waals surface area contributed by atoms with Crippen molar-refractivity contribution < 1.29 is 14.3 Å². The van der Waals surface area contributed by atoms with Gasteiger partial charge in [0, 0.05) is 13.6 Å². The lowest BCUT2D eigenvalue weighted by atomic mass is 10.2. The van der Waals surface area contributed by atoms with Crippen LogP contribution in [0.2, 0.25) is 0 Å². The van der Waals surface area contributed by atoms with Gasteiger partial charge in [-0.05, 0) is 60.0 Å². The van der Waals surface area contributed by atoms with Gasteiger partial charge in [-0.15, -0.1) is 11.3 Å². The van der Waals surface area contributed by atoms with Crippen LogP contribution in [0.3, 0.4) is 0 Å². The molecular weight excluding hydrogens is 416 g/mol. The largest absolute Gasteiger partial charge is 0.494 e. The Labute approximate surface area is 166 Å². The minimum Gasteiger partial charge on any atom is -0.494 e. The van der Waals surface area contributed by atoms with Gasteiger partial charge in [-0.1, -0.05) is 17.7 Å². The molecule has 2 rings (SSSR count). The van der Waals surface area contributed by atoms with Gasteiger partial charge in [-0.3, -0.25) is 9.59 Å². The van der Waals surface area contributed by atoms with Crippen molar-refractivity contribution in [3.05, 3.63) is 50.6 Å². The Morgan fingerprint density at radius 1 is 1.15 bits per heavy atom. The molecule has 2 amide bonds. The van der Waals surface area contributed by atoms with Crippen LogP contribution < -0.4 is 10.1 Å². The summed E-state index contributed by atoms with van der Waals surface area (Å²) < 4.78 is 6.54. The summed E-state index contributed by atoms with van der Waals surface area (Å²) in [5.41, 5.74) is 1.20. The van der Waals surface area contributed by atoms with Gasteiger partial charge in [0.1, 0.15) is 5.75 Å². The fourth-order valence-electron chi connectivity index (χ4n) is 2.24. The number of carbonyl (C=O) groups is 2. The van der Waals surface area contributed by atoms with Crippen molar-refractivity contribution in [1.29, 1.82) is 0 Å². The Hall–Kier alpha value is -1.86. The number of hydrogen-bond donors (Lipinski definition) is 1. The molecule has 0 fully saturated rings. The molecular formula is C19H23BrN2O3S. The molecule has 0 aliphatic carbocycles. The number of halogens is 1. The summed E-state index contributed by atoms with van der Waals surface area (Å²) in [7, 11) is 1.63. The zero-order chi connectivity index (χ0) is 18.9. The Kier molecular flexibility index (Phi) is 8.12. The second kappa shape index (κ2) is 10.3. The smallest absolute Gasteiger partial charge is 0.264 e. The summed E-state index contributed by atoms with van der Waals surface area (Å²) in [5, 5.41) is 2.84. The van der Waals surface area contributed by atoms with Crippen molar-refractivity contribution in [2.24, 2.45) is 0 Å². The van der Waals surface area contributed by atoms with Crippen LogP contribution in [0.5, 0.6) is 5.75 Å². The number of hydrogen-bond acceptors (Lipinski definition) is 4. The van der Waals surface area contributed by atoms with E-state index >= 15 is 0 Å². The van der Waals surface area contributed by atoms with E-state index < -0.39 is 0 Å². The van der Waals surface area contributed by atoms with E-state index in [1.165, 1.54) is 21.8 Å². The number of carbonyl (C=O) groups excluding carboxylic acids is 2. The second-order valence-corrected chi connectivity index (χ2v) is 8.45. The third kappa shape index (κ3) is 6.80. The predicted octanol–water partition coefficient (Wildman–Crippen LogP) is 3.87. The molecule has 140 valence electrons. The first-order chi connectivity index (χ1) is 12.5. The number of nitrogens with zero attached hydrogens (tertiary/aromatic N) is 1. The van der Waals surface area contributed by atoms with Crippen molar-refractivity contribution >= 4 is 39.1 Å². The molecule has 0 radical (unpaired) electrons. The van der Waals surface area contributed by atoms with Crippen molar-refractivity contribution in [2.75, 3.05) is 26.7 Å². The first-order valence-corrected chi connectivity index (χ1v) is 10.0. The third-order valence-corrected chi connectivity index (χ3v) is 5.31. The van der Waals surface area contributed by atoms with E-state index in [2.05, 4.69) is 21.2 Å². The van der Waals surface area contributed by atoms with Crippen molar-refractivity contribution in [3.63, 3.8) is 0 Å². The Balaban J connectivity index is 1.58. The monoisotopic (exact) mass is 438 g/mol. The fraction of sp³-hybridized carbons (Fsp3) is 0.368. The lowest BCUT2D eigenvalue weighted by Gasteiger charge is -2.15. The normalized spacial score (nSPS) is 10.4. The highest BCUT2D eigenvalue weighted by molar-refractivity contribution is 9.11. The number of nitrogens with one attached hydrogen (secondary N) is 1. The zero-order valence-electron chi connectivity index (χ0n) is 15.0. The molecule has 1 heterocycles.